The van der Waals surface area contributed by atoms with Gasteiger partial charge in [-0.05, 0) is 43.1 Å². The Morgan fingerprint density at radius 1 is 1.33 bits per heavy atom. The largest absolute Gasteiger partial charge is 0.487 e. The Labute approximate surface area is 133 Å². The maximum absolute atomic E-state index is 5.74. The molecule has 0 atom stereocenters. The van der Waals surface area contributed by atoms with E-state index in [1.54, 1.807) is 0 Å². The number of ether oxygens (including phenoxy) is 1. The fourth-order valence-electron chi connectivity index (χ4n) is 1.80. The lowest BCUT2D eigenvalue weighted by atomic mass is 10.2. The van der Waals surface area contributed by atoms with E-state index in [4.69, 9.17) is 4.74 Å². The standard InChI is InChI=1S/C15H20BrN3O2/c1-10(2)7-17-8-12-6-13(4-5-14(12)16)20-9-15-11(3)18-21-19-15/h4-6,10,17H,7-9H2,1-3H3. The van der Waals surface area contributed by atoms with Gasteiger partial charge in [0.25, 0.3) is 0 Å². The third-order valence-corrected chi connectivity index (χ3v) is 3.78. The molecule has 0 fully saturated rings. The third kappa shape index (κ3) is 4.82. The van der Waals surface area contributed by atoms with Crippen molar-refractivity contribution in [3.8, 4) is 5.75 Å². The fraction of sp³-hybridized carbons (Fsp3) is 0.467. The first-order valence-electron chi connectivity index (χ1n) is 6.96. The summed E-state index contributed by atoms with van der Waals surface area (Å²) >= 11 is 3.57. The Morgan fingerprint density at radius 2 is 2.14 bits per heavy atom. The lowest BCUT2D eigenvalue weighted by molar-refractivity contribution is 0.270. The van der Waals surface area contributed by atoms with Crippen molar-refractivity contribution < 1.29 is 9.37 Å². The Balaban J connectivity index is 1.96. The highest BCUT2D eigenvalue weighted by Crippen LogP contribution is 2.23. The molecule has 0 unspecified atom stereocenters. The summed E-state index contributed by atoms with van der Waals surface area (Å²) < 4.78 is 11.5. The molecular weight excluding hydrogens is 334 g/mol. The van der Waals surface area contributed by atoms with E-state index in [1.165, 1.54) is 5.56 Å². The van der Waals surface area contributed by atoms with Crippen molar-refractivity contribution in [2.75, 3.05) is 6.54 Å². The summed E-state index contributed by atoms with van der Waals surface area (Å²) in [7, 11) is 0. The topological polar surface area (TPSA) is 60.2 Å². The highest BCUT2D eigenvalue weighted by molar-refractivity contribution is 9.10. The van der Waals surface area contributed by atoms with E-state index >= 15 is 0 Å². The van der Waals surface area contributed by atoms with Gasteiger partial charge in [0, 0.05) is 11.0 Å². The minimum absolute atomic E-state index is 0.357. The molecule has 0 saturated heterocycles. The van der Waals surface area contributed by atoms with Crippen LogP contribution in [-0.2, 0) is 13.2 Å². The minimum Gasteiger partial charge on any atom is -0.487 e. The SMILES string of the molecule is Cc1nonc1COc1ccc(Br)c(CNCC(C)C)c1. The van der Waals surface area contributed by atoms with Gasteiger partial charge in [0.1, 0.15) is 23.7 Å². The highest BCUT2D eigenvalue weighted by Gasteiger charge is 2.07. The van der Waals surface area contributed by atoms with E-state index < -0.39 is 0 Å². The fourth-order valence-corrected chi connectivity index (χ4v) is 2.19. The molecule has 1 aromatic heterocycles. The van der Waals surface area contributed by atoms with Crippen LogP contribution >= 0.6 is 15.9 Å². The number of hydrogen-bond acceptors (Lipinski definition) is 5. The maximum atomic E-state index is 5.74. The number of hydrogen-bond donors (Lipinski definition) is 1. The second-order valence-corrected chi connectivity index (χ2v) is 6.22. The zero-order valence-corrected chi connectivity index (χ0v) is 14.1. The van der Waals surface area contributed by atoms with E-state index in [0.29, 0.717) is 12.5 Å². The van der Waals surface area contributed by atoms with Crippen LogP contribution in [-0.4, -0.2) is 16.9 Å². The lowest BCUT2D eigenvalue weighted by Crippen LogP contribution is -2.19. The average molecular weight is 354 g/mol. The number of halogens is 1. The normalized spacial score (nSPS) is 11.1. The minimum atomic E-state index is 0.357. The number of rotatable bonds is 7. The summed E-state index contributed by atoms with van der Waals surface area (Å²) in [5, 5.41) is 11.0. The molecular formula is C15H20BrN3O2. The van der Waals surface area contributed by atoms with Crippen molar-refractivity contribution in [2.24, 2.45) is 5.92 Å². The van der Waals surface area contributed by atoms with Crippen molar-refractivity contribution in [3.63, 3.8) is 0 Å². The monoisotopic (exact) mass is 353 g/mol. The molecule has 0 amide bonds. The van der Waals surface area contributed by atoms with Gasteiger partial charge in [-0.3, -0.25) is 0 Å². The molecule has 21 heavy (non-hydrogen) atoms. The molecule has 0 radical (unpaired) electrons. The summed E-state index contributed by atoms with van der Waals surface area (Å²) in [5.41, 5.74) is 2.64. The summed E-state index contributed by atoms with van der Waals surface area (Å²) in [6.45, 7) is 8.38. The molecule has 0 aliphatic carbocycles. The van der Waals surface area contributed by atoms with E-state index in [9.17, 15) is 0 Å². The second kappa shape index (κ2) is 7.56. The molecule has 1 N–H and O–H groups in total. The summed E-state index contributed by atoms with van der Waals surface area (Å²) in [6.07, 6.45) is 0. The van der Waals surface area contributed by atoms with Crippen LogP contribution < -0.4 is 10.1 Å². The molecule has 0 spiro atoms. The predicted molar refractivity (Wildman–Crippen MR) is 84.1 cm³/mol. The van der Waals surface area contributed by atoms with Crippen LogP contribution in [0.15, 0.2) is 27.3 Å². The highest BCUT2D eigenvalue weighted by atomic mass is 79.9. The zero-order valence-electron chi connectivity index (χ0n) is 12.5. The first kappa shape index (κ1) is 16.0. The predicted octanol–water partition coefficient (Wildman–Crippen LogP) is 3.47. The van der Waals surface area contributed by atoms with Crippen LogP contribution in [0.4, 0.5) is 0 Å². The van der Waals surface area contributed by atoms with E-state index in [-0.39, 0.29) is 0 Å². The van der Waals surface area contributed by atoms with E-state index in [1.807, 2.05) is 25.1 Å². The van der Waals surface area contributed by atoms with E-state index in [0.717, 1.165) is 34.7 Å². The molecule has 114 valence electrons. The zero-order chi connectivity index (χ0) is 15.2. The molecule has 0 aliphatic heterocycles. The first-order chi connectivity index (χ1) is 10.1. The Bertz CT molecular complexity index is 584. The van der Waals surface area contributed by atoms with E-state index in [2.05, 4.69) is 50.0 Å². The van der Waals surface area contributed by atoms with Gasteiger partial charge in [-0.25, -0.2) is 4.63 Å². The Kier molecular flexibility index (Phi) is 5.76. The molecule has 0 bridgehead atoms. The number of aryl methyl sites for hydroxylation is 1. The number of nitrogens with one attached hydrogen (secondary N) is 1. The van der Waals surface area contributed by atoms with Crippen LogP contribution in [0.25, 0.3) is 0 Å². The first-order valence-corrected chi connectivity index (χ1v) is 7.75. The Morgan fingerprint density at radius 3 is 2.81 bits per heavy atom. The van der Waals surface area contributed by atoms with Crippen molar-refractivity contribution in [1.29, 1.82) is 0 Å². The van der Waals surface area contributed by atoms with Gasteiger partial charge >= 0.3 is 0 Å². The van der Waals surface area contributed by atoms with Gasteiger partial charge in [0.2, 0.25) is 0 Å². The van der Waals surface area contributed by atoms with Crippen molar-refractivity contribution in [2.45, 2.75) is 33.9 Å². The van der Waals surface area contributed by atoms with Gasteiger partial charge < -0.3 is 10.1 Å². The molecule has 2 rings (SSSR count). The molecule has 0 saturated carbocycles. The molecule has 1 aromatic carbocycles. The smallest absolute Gasteiger partial charge is 0.145 e. The van der Waals surface area contributed by atoms with Crippen molar-refractivity contribution >= 4 is 15.9 Å². The Hall–Kier alpha value is -1.40. The van der Waals surface area contributed by atoms with Gasteiger partial charge in [-0.2, -0.15) is 0 Å². The lowest BCUT2D eigenvalue weighted by Gasteiger charge is -2.11. The van der Waals surface area contributed by atoms with Crippen LogP contribution in [0.5, 0.6) is 5.75 Å². The molecule has 2 aromatic rings. The van der Waals surface area contributed by atoms with Gasteiger partial charge in [-0.15, -0.1) is 0 Å². The van der Waals surface area contributed by atoms with Gasteiger partial charge in [-0.1, -0.05) is 40.1 Å². The summed E-state index contributed by atoms with van der Waals surface area (Å²) in [5.74, 6) is 1.44. The van der Waals surface area contributed by atoms with Gasteiger partial charge in [0.05, 0.1) is 0 Å². The molecule has 6 heteroatoms. The molecule has 5 nitrogen and oxygen atoms in total. The van der Waals surface area contributed by atoms with Crippen LogP contribution in [0, 0.1) is 12.8 Å². The van der Waals surface area contributed by atoms with Gasteiger partial charge in [0.15, 0.2) is 0 Å². The van der Waals surface area contributed by atoms with Crippen molar-refractivity contribution in [1.82, 2.24) is 15.6 Å². The van der Waals surface area contributed by atoms with Crippen LogP contribution in [0.1, 0.15) is 30.8 Å². The number of aromatic nitrogens is 2. The van der Waals surface area contributed by atoms with Crippen molar-refractivity contribution in [3.05, 3.63) is 39.6 Å². The third-order valence-electron chi connectivity index (χ3n) is 3.01. The number of nitrogens with zero attached hydrogens (tertiary/aromatic N) is 2. The molecule has 0 aliphatic rings. The second-order valence-electron chi connectivity index (χ2n) is 5.36. The maximum Gasteiger partial charge on any atom is 0.145 e. The van der Waals surface area contributed by atoms with Crippen LogP contribution in [0.2, 0.25) is 0 Å². The molecule has 1 heterocycles. The quantitative estimate of drug-likeness (QED) is 0.825. The number of benzene rings is 1. The summed E-state index contributed by atoms with van der Waals surface area (Å²) in [6, 6.07) is 5.95. The summed E-state index contributed by atoms with van der Waals surface area (Å²) in [4.78, 5) is 0. The van der Waals surface area contributed by atoms with Crippen LogP contribution in [0.3, 0.4) is 0 Å². The average Bonchev–Trinajstić information content (AvgIpc) is 2.84.